The Morgan fingerprint density at radius 2 is 1.78 bits per heavy atom. The van der Waals surface area contributed by atoms with E-state index in [4.69, 9.17) is 4.18 Å². The van der Waals surface area contributed by atoms with Gasteiger partial charge in [0.2, 0.25) is 0 Å². The molecule has 0 aliphatic heterocycles. The number of nitro groups is 1. The molecule has 23 heavy (non-hydrogen) atoms. The first-order chi connectivity index (χ1) is 10.8. The van der Waals surface area contributed by atoms with Crippen LogP contribution < -0.4 is 4.18 Å². The molecule has 0 radical (unpaired) electrons. The van der Waals surface area contributed by atoms with Crippen molar-refractivity contribution >= 4 is 21.8 Å². The van der Waals surface area contributed by atoms with Gasteiger partial charge in [-0.2, -0.15) is 8.42 Å². The molecule has 2 aromatic carbocycles. The third-order valence-corrected chi connectivity index (χ3v) is 4.06. The molecule has 0 aliphatic rings. The number of carbonyl (C=O) groups is 1. The Kier molecular flexibility index (Phi) is 4.60. The fourth-order valence-electron chi connectivity index (χ4n) is 1.70. The average molecular weight is 337 g/mol. The highest BCUT2D eigenvalue weighted by atomic mass is 32.2. The van der Waals surface area contributed by atoms with E-state index in [1.807, 2.05) is 0 Å². The monoisotopic (exact) mass is 337 g/mol. The van der Waals surface area contributed by atoms with Crippen molar-refractivity contribution in [3.63, 3.8) is 0 Å². The largest absolute Gasteiger partial charge is 0.465 e. The van der Waals surface area contributed by atoms with Gasteiger partial charge in [0.25, 0.3) is 5.69 Å². The van der Waals surface area contributed by atoms with Crippen LogP contribution in [0.15, 0.2) is 53.4 Å². The van der Waals surface area contributed by atoms with Gasteiger partial charge in [0.1, 0.15) is 10.6 Å². The molecule has 0 unspecified atom stereocenters. The summed E-state index contributed by atoms with van der Waals surface area (Å²) in [6.07, 6.45) is 0. The molecule has 8 nitrogen and oxygen atoms in total. The molecular formula is C14H11NO7S. The lowest BCUT2D eigenvalue weighted by atomic mass is 10.2. The third kappa shape index (κ3) is 3.83. The van der Waals surface area contributed by atoms with Crippen LogP contribution in [0.1, 0.15) is 10.4 Å². The zero-order valence-electron chi connectivity index (χ0n) is 11.8. The van der Waals surface area contributed by atoms with Crippen LogP contribution in [0.4, 0.5) is 5.69 Å². The van der Waals surface area contributed by atoms with Crippen LogP contribution in [0.5, 0.6) is 5.75 Å². The summed E-state index contributed by atoms with van der Waals surface area (Å²) in [6.45, 7) is 0. The van der Waals surface area contributed by atoms with Crippen molar-refractivity contribution in [2.45, 2.75) is 4.90 Å². The fourth-order valence-corrected chi connectivity index (χ4v) is 2.62. The maximum atomic E-state index is 12.1. The van der Waals surface area contributed by atoms with Crippen molar-refractivity contribution in [1.82, 2.24) is 0 Å². The van der Waals surface area contributed by atoms with Crippen LogP contribution in [0.2, 0.25) is 0 Å². The number of nitro benzene ring substituents is 1. The van der Waals surface area contributed by atoms with Crippen LogP contribution in [0, 0.1) is 10.1 Å². The zero-order valence-corrected chi connectivity index (χ0v) is 12.6. The fraction of sp³-hybridized carbons (Fsp3) is 0.0714. The number of rotatable bonds is 5. The SMILES string of the molecule is COC(=O)c1cccc(OS(=O)(=O)c2ccc([N+](=O)[O-])cc2)c1. The second-order valence-corrected chi connectivity index (χ2v) is 5.85. The number of ether oxygens (including phenoxy) is 1. The molecule has 120 valence electrons. The summed E-state index contributed by atoms with van der Waals surface area (Å²) < 4.78 is 33.7. The number of hydrogen-bond donors (Lipinski definition) is 0. The number of nitrogens with zero attached hydrogens (tertiary/aromatic N) is 1. The average Bonchev–Trinajstić information content (AvgIpc) is 2.54. The maximum absolute atomic E-state index is 12.1. The molecular weight excluding hydrogens is 326 g/mol. The molecule has 0 saturated heterocycles. The molecule has 0 amide bonds. The lowest BCUT2D eigenvalue weighted by molar-refractivity contribution is -0.384. The number of carbonyl (C=O) groups excluding carboxylic acids is 1. The van der Waals surface area contributed by atoms with Crippen LogP contribution in [-0.2, 0) is 14.9 Å². The lowest BCUT2D eigenvalue weighted by Gasteiger charge is -2.08. The summed E-state index contributed by atoms with van der Waals surface area (Å²) >= 11 is 0. The Bertz CT molecular complexity index is 844. The first kappa shape index (κ1) is 16.4. The Morgan fingerprint density at radius 1 is 1.13 bits per heavy atom. The first-order valence-corrected chi connectivity index (χ1v) is 7.61. The minimum Gasteiger partial charge on any atom is -0.465 e. The van der Waals surface area contributed by atoms with Gasteiger partial charge >= 0.3 is 16.1 Å². The smallest absolute Gasteiger partial charge is 0.339 e. The number of esters is 1. The second-order valence-electron chi connectivity index (χ2n) is 4.31. The minimum absolute atomic E-state index is 0.0775. The molecule has 0 atom stereocenters. The van der Waals surface area contributed by atoms with E-state index in [1.54, 1.807) is 0 Å². The first-order valence-electron chi connectivity index (χ1n) is 6.21. The van der Waals surface area contributed by atoms with Gasteiger partial charge in [0.15, 0.2) is 0 Å². The van der Waals surface area contributed by atoms with Gasteiger partial charge in [0, 0.05) is 12.1 Å². The van der Waals surface area contributed by atoms with E-state index in [1.165, 1.54) is 31.4 Å². The molecule has 0 fully saturated rings. The highest BCUT2D eigenvalue weighted by molar-refractivity contribution is 7.87. The normalized spacial score (nSPS) is 10.8. The molecule has 0 aliphatic carbocycles. The van der Waals surface area contributed by atoms with Gasteiger partial charge in [-0.1, -0.05) is 6.07 Å². The van der Waals surface area contributed by atoms with Crippen LogP contribution >= 0.6 is 0 Å². The van der Waals surface area contributed by atoms with Crippen molar-refractivity contribution < 1.29 is 27.1 Å². The predicted molar refractivity (Wildman–Crippen MR) is 78.7 cm³/mol. The molecule has 0 aromatic heterocycles. The summed E-state index contributed by atoms with van der Waals surface area (Å²) in [7, 11) is -2.98. The molecule has 9 heteroatoms. The number of non-ortho nitro benzene ring substituents is 1. The third-order valence-electron chi connectivity index (χ3n) is 2.80. The van der Waals surface area contributed by atoms with Gasteiger partial charge in [0.05, 0.1) is 17.6 Å². The molecule has 0 saturated carbocycles. The summed E-state index contributed by atoms with van der Waals surface area (Å²) in [4.78, 5) is 21.1. The van der Waals surface area contributed by atoms with E-state index in [0.29, 0.717) is 0 Å². The minimum atomic E-state index is -4.18. The summed E-state index contributed by atoms with van der Waals surface area (Å²) in [5.74, 6) is -0.713. The van der Waals surface area contributed by atoms with Gasteiger partial charge in [-0.3, -0.25) is 10.1 Å². The lowest BCUT2D eigenvalue weighted by Crippen LogP contribution is -2.10. The van der Waals surface area contributed by atoms with Crippen LogP contribution in [0.3, 0.4) is 0 Å². The van der Waals surface area contributed by atoms with Gasteiger partial charge in [-0.25, -0.2) is 4.79 Å². The highest BCUT2D eigenvalue weighted by Gasteiger charge is 2.19. The Morgan fingerprint density at radius 3 is 2.35 bits per heavy atom. The quantitative estimate of drug-likeness (QED) is 0.355. The van der Waals surface area contributed by atoms with Gasteiger partial charge in [-0.15, -0.1) is 0 Å². The van der Waals surface area contributed by atoms with Crippen LogP contribution in [-0.4, -0.2) is 26.4 Å². The summed E-state index contributed by atoms with van der Waals surface area (Å²) in [5.41, 5.74) is -0.111. The van der Waals surface area contributed by atoms with E-state index in [-0.39, 0.29) is 21.9 Å². The number of methoxy groups -OCH3 is 1. The van der Waals surface area contributed by atoms with Crippen molar-refractivity contribution in [1.29, 1.82) is 0 Å². The number of benzene rings is 2. The molecule has 0 N–H and O–H groups in total. The van der Waals surface area contributed by atoms with E-state index >= 15 is 0 Å². The highest BCUT2D eigenvalue weighted by Crippen LogP contribution is 2.22. The van der Waals surface area contributed by atoms with Crippen molar-refractivity contribution in [2.75, 3.05) is 7.11 Å². The van der Waals surface area contributed by atoms with Crippen molar-refractivity contribution in [3.05, 3.63) is 64.2 Å². The van der Waals surface area contributed by atoms with E-state index in [2.05, 4.69) is 4.74 Å². The van der Waals surface area contributed by atoms with E-state index in [9.17, 15) is 23.3 Å². The Balaban J connectivity index is 2.27. The maximum Gasteiger partial charge on any atom is 0.339 e. The second kappa shape index (κ2) is 6.44. The molecule has 0 heterocycles. The molecule has 0 spiro atoms. The summed E-state index contributed by atoms with van der Waals surface area (Å²) in [6, 6.07) is 9.70. The van der Waals surface area contributed by atoms with E-state index in [0.717, 1.165) is 24.3 Å². The molecule has 2 rings (SSSR count). The van der Waals surface area contributed by atoms with Gasteiger partial charge < -0.3 is 8.92 Å². The Hall–Kier alpha value is -2.94. The standard InChI is InChI=1S/C14H11NO7S/c1-21-14(16)10-3-2-4-12(9-10)22-23(19,20)13-7-5-11(6-8-13)15(17)18/h2-9H,1H3. The predicted octanol–water partition coefficient (Wildman–Crippen LogP) is 2.15. The van der Waals surface area contributed by atoms with Crippen molar-refractivity contribution in [2.24, 2.45) is 0 Å². The Labute approximate surface area is 131 Å². The van der Waals surface area contributed by atoms with Crippen molar-refractivity contribution in [3.8, 4) is 5.75 Å². The van der Waals surface area contributed by atoms with Gasteiger partial charge in [-0.05, 0) is 30.3 Å². The molecule has 2 aromatic rings. The van der Waals surface area contributed by atoms with Crippen LogP contribution in [0.25, 0.3) is 0 Å². The topological polar surface area (TPSA) is 113 Å². The summed E-state index contributed by atoms with van der Waals surface area (Å²) in [5, 5.41) is 10.6. The molecule has 0 bridgehead atoms. The number of hydrogen-bond acceptors (Lipinski definition) is 7. The zero-order chi connectivity index (χ0) is 17.0. The van der Waals surface area contributed by atoms with E-state index < -0.39 is 21.0 Å².